The maximum atomic E-state index is 10.8. The molecule has 0 aliphatic heterocycles. The van der Waals surface area contributed by atoms with E-state index in [1.165, 1.54) is 19.3 Å². The Morgan fingerprint density at radius 3 is 2.19 bits per heavy atom. The third kappa shape index (κ3) is 2.99. The van der Waals surface area contributed by atoms with Gasteiger partial charge in [-0.25, -0.2) is 0 Å². The highest BCUT2D eigenvalue weighted by Gasteiger charge is 2.33. The van der Waals surface area contributed by atoms with E-state index >= 15 is 0 Å². The van der Waals surface area contributed by atoms with Crippen molar-refractivity contribution in [3.8, 4) is 0 Å². The molecule has 1 aliphatic rings. The van der Waals surface area contributed by atoms with Crippen molar-refractivity contribution >= 4 is 5.97 Å². The molecular formula is C14H25O2-. The van der Waals surface area contributed by atoms with Gasteiger partial charge in [0.05, 0.1) is 0 Å². The molecule has 2 nitrogen and oxygen atoms in total. The lowest BCUT2D eigenvalue weighted by Gasteiger charge is -2.40. The van der Waals surface area contributed by atoms with Gasteiger partial charge < -0.3 is 9.90 Å². The van der Waals surface area contributed by atoms with Gasteiger partial charge >= 0.3 is 0 Å². The van der Waals surface area contributed by atoms with E-state index < -0.39 is 5.97 Å². The number of carbonyl (C=O) groups is 1. The highest BCUT2D eigenvalue weighted by atomic mass is 16.4. The summed E-state index contributed by atoms with van der Waals surface area (Å²) in [4.78, 5) is 10.8. The monoisotopic (exact) mass is 225 g/mol. The van der Waals surface area contributed by atoms with Gasteiger partial charge in [-0.2, -0.15) is 0 Å². The largest absolute Gasteiger partial charge is 0.550 e. The molecular weight excluding hydrogens is 200 g/mol. The highest BCUT2D eigenvalue weighted by Crippen LogP contribution is 2.43. The number of aliphatic carboxylic acids is 1. The summed E-state index contributed by atoms with van der Waals surface area (Å²) in [5.74, 6) is -0.0412. The number of carbonyl (C=O) groups excluding carboxylic acids is 1. The van der Waals surface area contributed by atoms with Crippen LogP contribution in [0.2, 0.25) is 0 Å². The summed E-state index contributed by atoms with van der Waals surface area (Å²) in [5.41, 5.74) is 0.412. The third-order valence-corrected chi connectivity index (χ3v) is 4.87. The molecule has 1 saturated carbocycles. The SMILES string of the molecule is CCC(C)(C)C1CCC(C(C)C(=O)[O-])CC1. The average molecular weight is 225 g/mol. The average Bonchev–Trinajstić information content (AvgIpc) is 2.28. The molecule has 0 heterocycles. The van der Waals surface area contributed by atoms with Crippen LogP contribution in [0.1, 0.15) is 59.8 Å². The minimum absolute atomic E-state index is 0.273. The smallest absolute Gasteiger partial charge is 0.0445 e. The summed E-state index contributed by atoms with van der Waals surface area (Å²) in [7, 11) is 0. The number of hydrogen-bond acceptors (Lipinski definition) is 2. The molecule has 0 radical (unpaired) electrons. The summed E-state index contributed by atoms with van der Waals surface area (Å²) >= 11 is 0. The van der Waals surface area contributed by atoms with Crippen molar-refractivity contribution in [3.05, 3.63) is 0 Å². The molecule has 0 spiro atoms. The van der Waals surface area contributed by atoms with Gasteiger partial charge in [0.2, 0.25) is 0 Å². The van der Waals surface area contributed by atoms with Crippen LogP contribution >= 0.6 is 0 Å². The molecule has 1 atom stereocenters. The molecule has 2 heteroatoms. The normalized spacial score (nSPS) is 28.8. The van der Waals surface area contributed by atoms with Gasteiger partial charge in [0.1, 0.15) is 0 Å². The molecule has 0 bridgehead atoms. The third-order valence-electron chi connectivity index (χ3n) is 4.87. The van der Waals surface area contributed by atoms with Gasteiger partial charge in [0, 0.05) is 5.97 Å². The summed E-state index contributed by atoms with van der Waals surface area (Å²) < 4.78 is 0. The van der Waals surface area contributed by atoms with E-state index in [9.17, 15) is 9.90 Å². The molecule has 0 aromatic carbocycles. The predicted octanol–water partition coefficient (Wildman–Crippen LogP) is 2.62. The molecule has 0 aromatic rings. The summed E-state index contributed by atoms with van der Waals surface area (Å²) in [6.07, 6.45) is 5.69. The van der Waals surface area contributed by atoms with Crippen molar-refractivity contribution in [1.29, 1.82) is 0 Å². The van der Waals surface area contributed by atoms with E-state index in [1.807, 2.05) is 0 Å². The molecule has 0 N–H and O–H groups in total. The second kappa shape index (κ2) is 5.20. The van der Waals surface area contributed by atoms with Crippen molar-refractivity contribution in [1.82, 2.24) is 0 Å². The van der Waals surface area contributed by atoms with Crippen LogP contribution in [-0.4, -0.2) is 5.97 Å². The van der Waals surface area contributed by atoms with Gasteiger partial charge in [0.25, 0.3) is 0 Å². The molecule has 1 rings (SSSR count). The highest BCUT2D eigenvalue weighted by molar-refractivity contribution is 5.67. The Hall–Kier alpha value is -0.530. The van der Waals surface area contributed by atoms with E-state index in [-0.39, 0.29) is 5.92 Å². The van der Waals surface area contributed by atoms with Crippen LogP contribution in [-0.2, 0) is 4.79 Å². The van der Waals surface area contributed by atoms with Crippen LogP contribution in [0.25, 0.3) is 0 Å². The van der Waals surface area contributed by atoms with Crippen LogP contribution in [0.3, 0.4) is 0 Å². The van der Waals surface area contributed by atoms with Crippen LogP contribution in [0.5, 0.6) is 0 Å². The number of rotatable bonds is 4. The zero-order valence-corrected chi connectivity index (χ0v) is 11.1. The summed E-state index contributed by atoms with van der Waals surface area (Å²) in [6.45, 7) is 8.71. The van der Waals surface area contributed by atoms with Gasteiger partial charge in [-0.1, -0.05) is 34.1 Å². The Bertz CT molecular complexity index is 237. The Kier molecular flexibility index (Phi) is 4.40. The standard InChI is InChI=1S/C14H26O2/c1-5-14(3,4)12-8-6-11(7-9-12)10(2)13(15)16/h10-12H,5-9H2,1-4H3,(H,15,16)/p-1. The zero-order valence-electron chi connectivity index (χ0n) is 11.1. The Morgan fingerprint density at radius 2 is 1.81 bits per heavy atom. The predicted molar refractivity (Wildman–Crippen MR) is 63.7 cm³/mol. The van der Waals surface area contributed by atoms with E-state index in [0.717, 1.165) is 18.8 Å². The fraction of sp³-hybridized carbons (Fsp3) is 0.929. The minimum atomic E-state index is -0.877. The zero-order chi connectivity index (χ0) is 12.3. The van der Waals surface area contributed by atoms with Crippen molar-refractivity contribution in [2.24, 2.45) is 23.2 Å². The van der Waals surface area contributed by atoms with Gasteiger partial charge in [-0.05, 0) is 48.9 Å². The first-order chi connectivity index (χ1) is 7.38. The second-order valence-electron chi connectivity index (χ2n) is 6.06. The summed E-state index contributed by atoms with van der Waals surface area (Å²) in [6, 6.07) is 0. The molecule has 1 aliphatic carbocycles. The minimum Gasteiger partial charge on any atom is -0.550 e. The Labute approximate surface area is 99.4 Å². The van der Waals surface area contributed by atoms with Crippen molar-refractivity contribution < 1.29 is 9.90 Å². The number of carboxylic acid groups (broad SMARTS) is 1. The number of carboxylic acids is 1. The fourth-order valence-electron chi connectivity index (χ4n) is 2.88. The fourth-order valence-corrected chi connectivity index (χ4v) is 2.88. The Morgan fingerprint density at radius 1 is 1.31 bits per heavy atom. The maximum absolute atomic E-state index is 10.8. The molecule has 0 aromatic heterocycles. The molecule has 0 amide bonds. The first-order valence-electron chi connectivity index (χ1n) is 6.59. The van der Waals surface area contributed by atoms with Gasteiger partial charge in [-0.15, -0.1) is 0 Å². The molecule has 94 valence electrons. The van der Waals surface area contributed by atoms with E-state index in [4.69, 9.17) is 0 Å². The van der Waals surface area contributed by atoms with Crippen LogP contribution in [0.4, 0.5) is 0 Å². The summed E-state index contributed by atoms with van der Waals surface area (Å²) in [5, 5.41) is 10.8. The quantitative estimate of drug-likeness (QED) is 0.738. The second-order valence-corrected chi connectivity index (χ2v) is 6.06. The molecule has 1 unspecified atom stereocenters. The lowest BCUT2D eigenvalue weighted by Crippen LogP contribution is -2.37. The van der Waals surface area contributed by atoms with Crippen LogP contribution in [0, 0.1) is 23.2 Å². The lowest BCUT2D eigenvalue weighted by atomic mass is 9.66. The van der Waals surface area contributed by atoms with E-state index in [2.05, 4.69) is 20.8 Å². The first-order valence-corrected chi connectivity index (χ1v) is 6.59. The van der Waals surface area contributed by atoms with E-state index in [1.54, 1.807) is 6.92 Å². The Balaban J connectivity index is 2.48. The van der Waals surface area contributed by atoms with Crippen LogP contribution < -0.4 is 5.11 Å². The molecule has 0 saturated heterocycles. The molecule has 1 fully saturated rings. The van der Waals surface area contributed by atoms with E-state index in [0.29, 0.717) is 11.3 Å². The van der Waals surface area contributed by atoms with Gasteiger partial charge in [0.15, 0.2) is 0 Å². The van der Waals surface area contributed by atoms with Gasteiger partial charge in [-0.3, -0.25) is 0 Å². The number of hydrogen-bond donors (Lipinski definition) is 0. The topological polar surface area (TPSA) is 40.1 Å². The maximum Gasteiger partial charge on any atom is 0.0445 e. The molecule has 16 heavy (non-hydrogen) atoms. The van der Waals surface area contributed by atoms with Crippen molar-refractivity contribution in [3.63, 3.8) is 0 Å². The van der Waals surface area contributed by atoms with Crippen LogP contribution in [0.15, 0.2) is 0 Å². The first kappa shape index (κ1) is 13.5. The van der Waals surface area contributed by atoms with Crippen molar-refractivity contribution in [2.45, 2.75) is 59.8 Å². The lowest BCUT2D eigenvalue weighted by molar-refractivity contribution is -0.313. The van der Waals surface area contributed by atoms with Crippen molar-refractivity contribution in [2.75, 3.05) is 0 Å².